The Morgan fingerprint density at radius 1 is 1.27 bits per heavy atom. The van der Waals surface area contributed by atoms with Gasteiger partial charge in [-0.05, 0) is 50.5 Å². The number of amides is 1. The van der Waals surface area contributed by atoms with E-state index >= 15 is 0 Å². The lowest BCUT2D eigenvalue weighted by Gasteiger charge is -2.27. The zero-order valence-corrected chi connectivity index (χ0v) is 20.4. The third-order valence-corrected chi connectivity index (χ3v) is 6.95. The van der Waals surface area contributed by atoms with Crippen LogP contribution in [0.5, 0.6) is 0 Å². The number of aromatic nitrogens is 2. The predicted octanol–water partition coefficient (Wildman–Crippen LogP) is 4.76. The molecule has 3 aromatic rings. The van der Waals surface area contributed by atoms with Crippen molar-refractivity contribution in [3.63, 3.8) is 0 Å². The molecule has 8 heteroatoms. The maximum Gasteiger partial charge on any atom is 0.262 e. The van der Waals surface area contributed by atoms with Crippen molar-refractivity contribution in [2.24, 2.45) is 0 Å². The van der Waals surface area contributed by atoms with E-state index in [9.17, 15) is 9.59 Å². The molecule has 1 amide bonds. The summed E-state index contributed by atoms with van der Waals surface area (Å²) in [6.45, 7) is 5.70. The Hall–Kier alpha value is -2.35. The third kappa shape index (κ3) is 5.78. The summed E-state index contributed by atoms with van der Waals surface area (Å²) in [4.78, 5) is 33.0. The van der Waals surface area contributed by atoms with Gasteiger partial charge in [0.15, 0.2) is 5.16 Å². The molecule has 0 saturated carbocycles. The molecule has 0 bridgehead atoms. The van der Waals surface area contributed by atoms with Crippen LogP contribution in [0.15, 0.2) is 58.5 Å². The Morgan fingerprint density at radius 2 is 2.06 bits per heavy atom. The molecule has 1 aromatic heterocycles. The zero-order chi connectivity index (χ0) is 23.4. The van der Waals surface area contributed by atoms with Crippen LogP contribution in [0.1, 0.15) is 32.3 Å². The van der Waals surface area contributed by atoms with Gasteiger partial charge in [-0.1, -0.05) is 53.7 Å². The smallest absolute Gasteiger partial charge is 0.262 e. The van der Waals surface area contributed by atoms with Gasteiger partial charge < -0.3 is 9.64 Å². The first kappa shape index (κ1) is 23.8. The molecular weight excluding hydrogens is 458 g/mol. The van der Waals surface area contributed by atoms with Gasteiger partial charge >= 0.3 is 0 Å². The molecule has 2 aromatic carbocycles. The molecule has 6 nitrogen and oxygen atoms in total. The van der Waals surface area contributed by atoms with Crippen molar-refractivity contribution in [3.8, 4) is 0 Å². The van der Waals surface area contributed by atoms with E-state index in [4.69, 9.17) is 21.3 Å². The number of rotatable bonds is 8. The van der Waals surface area contributed by atoms with Crippen LogP contribution >= 0.6 is 23.4 Å². The van der Waals surface area contributed by atoms with Gasteiger partial charge in [0.2, 0.25) is 5.91 Å². The molecule has 1 fully saturated rings. The number of thioether (sulfide) groups is 1. The van der Waals surface area contributed by atoms with E-state index in [1.807, 2.05) is 49.1 Å². The number of nitrogens with zero attached hydrogens (tertiary/aromatic N) is 3. The van der Waals surface area contributed by atoms with Crippen molar-refractivity contribution in [3.05, 3.63) is 69.5 Å². The highest BCUT2D eigenvalue weighted by molar-refractivity contribution is 7.99. The fourth-order valence-electron chi connectivity index (χ4n) is 3.99. The largest absolute Gasteiger partial charge is 0.376 e. The minimum atomic E-state index is -0.132. The summed E-state index contributed by atoms with van der Waals surface area (Å²) >= 11 is 7.44. The van der Waals surface area contributed by atoms with Gasteiger partial charge in [0.05, 0.1) is 29.3 Å². The van der Waals surface area contributed by atoms with Crippen LogP contribution in [0.25, 0.3) is 10.9 Å². The summed E-state index contributed by atoms with van der Waals surface area (Å²) in [7, 11) is 0. The lowest BCUT2D eigenvalue weighted by Crippen LogP contribution is -2.37. The standard InChI is InChI=1S/C25H28ClN3O3S/c1-17(2)28(14-18-7-4-3-5-8-18)23(30)16-33-25-27-22-13-19(26)10-11-21(22)24(31)29(25)15-20-9-6-12-32-20/h3-5,7-8,10-11,13,17,20H,6,9,12,14-16H2,1-2H3/t20-/m1/s1. The van der Waals surface area contributed by atoms with Crippen LogP contribution in [0.4, 0.5) is 0 Å². The Balaban J connectivity index is 1.59. The number of halogens is 1. The summed E-state index contributed by atoms with van der Waals surface area (Å²) in [5, 5.41) is 1.55. The highest BCUT2D eigenvalue weighted by Crippen LogP contribution is 2.23. The third-order valence-electron chi connectivity index (χ3n) is 5.76. The van der Waals surface area contributed by atoms with Gasteiger partial charge in [0.1, 0.15) is 0 Å². The molecule has 4 rings (SSSR count). The van der Waals surface area contributed by atoms with E-state index in [1.165, 1.54) is 11.8 Å². The molecular formula is C25H28ClN3O3S. The second-order valence-corrected chi connectivity index (χ2v) is 9.88. The number of benzene rings is 2. The monoisotopic (exact) mass is 485 g/mol. The minimum Gasteiger partial charge on any atom is -0.376 e. The molecule has 0 N–H and O–H groups in total. The summed E-state index contributed by atoms with van der Waals surface area (Å²) in [6.07, 6.45) is 1.88. The number of ether oxygens (including phenoxy) is 1. The number of hydrogen-bond acceptors (Lipinski definition) is 5. The summed E-state index contributed by atoms with van der Waals surface area (Å²) in [5.74, 6) is 0.192. The summed E-state index contributed by atoms with van der Waals surface area (Å²) in [5.41, 5.74) is 1.49. The Morgan fingerprint density at radius 3 is 2.76 bits per heavy atom. The SMILES string of the molecule is CC(C)N(Cc1ccccc1)C(=O)CSc1nc2cc(Cl)ccc2c(=O)n1C[C@H]1CCCO1. The van der Waals surface area contributed by atoms with Crippen LogP contribution in [-0.4, -0.2) is 44.9 Å². The van der Waals surface area contributed by atoms with Gasteiger partial charge in [0.25, 0.3) is 5.56 Å². The molecule has 33 heavy (non-hydrogen) atoms. The number of carbonyl (C=O) groups excluding carboxylic acids is 1. The average molecular weight is 486 g/mol. The normalized spacial score (nSPS) is 15.9. The summed E-state index contributed by atoms with van der Waals surface area (Å²) in [6, 6.07) is 15.1. The van der Waals surface area contributed by atoms with Crippen LogP contribution in [0.2, 0.25) is 5.02 Å². The molecule has 1 saturated heterocycles. The average Bonchev–Trinajstić information content (AvgIpc) is 3.31. The lowest BCUT2D eigenvalue weighted by molar-refractivity contribution is -0.130. The Kier molecular flexibility index (Phi) is 7.73. The van der Waals surface area contributed by atoms with Crippen molar-refractivity contribution in [1.29, 1.82) is 0 Å². The summed E-state index contributed by atoms with van der Waals surface area (Å²) < 4.78 is 7.42. The maximum atomic E-state index is 13.3. The molecule has 2 heterocycles. The number of hydrogen-bond donors (Lipinski definition) is 0. The molecule has 1 aliphatic rings. The van der Waals surface area contributed by atoms with Crippen molar-refractivity contribution in [1.82, 2.24) is 14.5 Å². The van der Waals surface area contributed by atoms with Gasteiger partial charge in [-0.3, -0.25) is 14.2 Å². The molecule has 1 aliphatic heterocycles. The van der Waals surface area contributed by atoms with Crippen molar-refractivity contribution in [2.75, 3.05) is 12.4 Å². The van der Waals surface area contributed by atoms with Crippen molar-refractivity contribution in [2.45, 2.75) is 57.1 Å². The van der Waals surface area contributed by atoms with Crippen LogP contribution < -0.4 is 5.56 Å². The fourth-order valence-corrected chi connectivity index (χ4v) is 5.05. The van der Waals surface area contributed by atoms with Crippen LogP contribution in [0.3, 0.4) is 0 Å². The minimum absolute atomic E-state index is 0.00274. The van der Waals surface area contributed by atoms with E-state index in [0.29, 0.717) is 40.8 Å². The van der Waals surface area contributed by atoms with E-state index in [1.54, 1.807) is 22.8 Å². The van der Waals surface area contributed by atoms with Crippen molar-refractivity contribution >= 4 is 40.2 Å². The molecule has 0 aliphatic carbocycles. The first-order valence-corrected chi connectivity index (χ1v) is 12.6. The number of carbonyl (C=O) groups is 1. The van der Waals surface area contributed by atoms with Crippen LogP contribution in [0, 0.1) is 0 Å². The quantitative estimate of drug-likeness (QED) is 0.340. The molecule has 0 spiro atoms. The van der Waals surface area contributed by atoms with Gasteiger partial charge in [-0.25, -0.2) is 4.98 Å². The second kappa shape index (κ2) is 10.7. The molecule has 1 atom stereocenters. The first-order valence-electron chi connectivity index (χ1n) is 11.2. The second-order valence-electron chi connectivity index (χ2n) is 8.50. The zero-order valence-electron chi connectivity index (χ0n) is 18.9. The Labute approximate surface area is 202 Å². The molecule has 174 valence electrons. The highest BCUT2D eigenvalue weighted by Gasteiger charge is 2.22. The predicted molar refractivity (Wildman–Crippen MR) is 133 cm³/mol. The van der Waals surface area contributed by atoms with E-state index in [2.05, 4.69) is 0 Å². The first-order chi connectivity index (χ1) is 15.9. The lowest BCUT2D eigenvalue weighted by atomic mass is 10.2. The highest BCUT2D eigenvalue weighted by atomic mass is 35.5. The van der Waals surface area contributed by atoms with Gasteiger partial charge in [-0.2, -0.15) is 0 Å². The van der Waals surface area contributed by atoms with E-state index < -0.39 is 0 Å². The maximum absolute atomic E-state index is 13.3. The van der Waals surface area contributed by atoms with E-state index in [0.717, 1.165) is 18.4 Å². The fraction of sp³-hybridized carbons (Fsp3) is 0.400. The molecule has 0 unspecified atom stereocenters. The number of fused-ring (bicyclic) bond motifs is 1. The topological polar surface area (TPSA) is 64.4 Å². The Bertz CT molecular complexity index is 1180. The van der Waals surface area contributed by atoms with E-state index in [-0.39, 0.29) is 29.4 Å². The van der Waals surface area contributed by atoms with Gasteiger partial charge in [-0.15, -0.1) is 0 Å². The van der Waals surface area contributed by atoms with Crippen LogP contribution in [-0.2, 0) is 22.6 Å². The van der Waals surface area contributed by atoms with Gasteiger partial charge in [0, 0.05) is 24.2 Å². The van der Waals surface area contributed by atoms with Crippen molar-refractivity contribution < 1.29 is 9.53 Å². The molecule has 0 radical (unpaired) electrons.